The van der Waals surface area contributed by atoms with E-state index in [2.05, 4.69) is 116 Å². The molecule has 85 heavy (non-hydrogen) atoms. The van der Waals surface area contributed by atoms with Crippen LogP contribution in [0.5, 0.6) is 0 Å². The van der Waals surface area contributed by atoms with Crippen LogP contribution >= 0.6 is 0 Å². The van der Waals surface area contributed by atoms with Crippen molar-refractivity contribution < 1.29 is 39.8 Å². The highest BCUT2D eigenvalue weighted by Crippen LogP contribution is 2.24. The predicted molar refractivity (Wildman–Crippen MR) is 364 cm³/mol. The van der Waals surface area contributed by atoms with Crippen molar-refractivity contribution in [1.29, 1.82) is 0 Å². The Morgan fingerprint density at radius 3 is 1.08 bits per heavy atom. The van der Waals surface area contributed by atoms with E-state index in [1.54, 1.807) is 0 Å². The van der Waals surface area contributed by atoms with Crippen molar-refractivity contribution in [3.63, 3.8) is 0 Å². The van der Waals surface area contributed by atoms with Crippen LogP contribution < -0.4 is 5.32 Å². The minimum Gasteiger partial charge on any atom is -0.394 e. The van der Waals surface area contributed by atoms with Crippen molar-refractivity contribution in [1.82, 2.24) is 5.32 Å². The summed E-state index contributed by atoms with van der Waals surface area (Å²) in [4.78, 5) is 13.2. The molecule has 1 fully saturated rings. The molecule has 1 heterocycles. The van der Waals surface area contributed by atoms with Crippen LogP contribution in [-0.4, -0.2) is 87.5 Å². The molecule has 0 spiro atoms. The molecule has 492 valence electrons. The van der Waals surface area contributed by atoms with E-state index in [4.69, 9.17) is 9.47 Å². The van der Waals surface area contributed by atoms with Crippen LogP contribution in [0.15, 0.2) is 97.2 Å². The molecule has 1 saturated heterocycles. The number of nitrogens with one attached hydrogen (secondary N) is 1. The Morgan fingerprint density at radius 2 is 0.729 bits per heavy atom. The second-order valence-electron chi connectivity index (χ2n) is 24.7. The monoisotopic (exact) mass is 1190 g/mol. The minimum atomic E-state index is -1.56. The summed E-state index contributed by atoms with van der Waals surface area (Å²) >= 11 is 0. The molecule has 7 atom stereocenters. The van der Waals surface area contributed by atoms with Gasteiger partial charge in [0.25, 0.3) is 0 Å². The van der Waals surface area contributed by atoms with Crippen LogP contribution in [0.1, 0.15) is 322 Å². The Kier molecular flexibility index (Phi) is 60.4. The fourth-order valence-corrected chi connectivity index (χ4v) is 11.1. The van der Waals surface area contributed by atoms with E-state index >= 15 is 0 Å². The van der Waals surface area contributed by atoms with Gasteiger partial charge in [0, 0.05) is 6.42 Å². The van der Waals surface area contributed by atoms with E-state index in [-0.39, 0.29) is 12.5 Å². The predicted octanol–water partition coefficient (Wildman–Crippen LogP) is 19.9. The maximum Gasteiger partial charge on any atom is 0.220 e. The number of aliphatic hydroxyl groups excluding tert-OH is 5. The SMILES string of the molecule is CC/C=C\C/C=C\C/C=C\C/C=C\C/C=C\C/C=C\C/C=C\C/C=C\CCCCCCCCCCCCCCCCC(=O)NC(COC1OC(CO)C(O)C(O)C1O)C(O)CCCCCCCCCCCCCCCCCCCCCCCCC. The number of hydrogen-bond donors (Lipinski definition) is 6. The van der Waals surface area contributed by atoms with Crippen molar-refractivity contribution >= 4 is 5.91 Å². The number of ether oxygens (including phenoxy) is 2. The summed E-state index contributed by atoms with van der Waals surface area (Å²) in [6.45, 7) is 3.76. The molecule has 7 unspecified atom stereocenters. The molecule has 9 nitrogen and oxygen atoms in total. The lowest BCUT2D eigenvalue weighted by molar-refractivity contribution is -0.302. The van der Waals surface area contributed by atoms with Gasteiger partial charge in [-0.3, -0.25) is 4.79 Å². The Hall–Kier alpha value is -2.89. The topological polar surface area (TPSA) is 149 Å². The number of aliphatic hydroxyl groups is 5. The van der Waals surface area contributed by atoms with E-state index in [1.165, 1.54) is 205 Å². The van der Waals surface area contributed by atoms with Crippen molar-refractivity contribution in [3.8, 4) is 0 Å². The fourth-order valence-electron chi connectivity index (χ4n) is 11.1. The highest BCUT2D eigenvalue weighted by molar-refractivity contribution is 5.76. The van der Waals surface area contributed by atoms with E-state index in [1.807, 2.05) is 0 Å². The summed E-state index contributed by atoms with van der Waals surface area (Å²) in [6, 6.07) is -0.725. The first-order valence-electron chi connectivity index (χ1n) is 35.9. The van der Waals surface area contributed by atoms with Crippen LogP contribution in [0.3, 0.4) is 0 Å². The molecule has 0 bridgehead atoms. The van der Waals surface area contributed by atoms with E-state index in [0.29, 0.717) is 12.8 Å². The number of allylic oxidation sites excluding steroid dienone is 16. The number of carbonyl (C=O) groups excluding carboxylic acids is 1. The van der Waals surface area contributed by atoms with Gasteiger partial charge in [-0.25, -0.2) is 0 Å². The van der Waals surface area contributed by atoms with Gasteiger partial charge >= 0.3 is 0 Å². The molecule has 6 N–H and O–H groups in total. The first-order valence-corrected chi connectivity index (χ1v) is 35.9. The first-order chi connectivity index (χ1) is 41.8. The molecule has 0 aromatic carbocycles. The van der Waals surface area contributed by atoms with Gasteiger partial charge in [0.05, 0.1) is 25.4 Å². The van der Waals surface area contributed by atoms with Crippen LogP contribution in [0.2, 0.25) is 0 Å². The molecular formula is C76H135NO8. The molecule has 0 aromatic rings. The molecule has 1 aliphatic heterocycles. The molecule has 1 rings (SSSR count). The third kappa shape index (κ3) is 52.7. The molecule has 0 radical (unpaired) electrons. The third-order valence-electron chi connectivity index (χ3n) is 16.7. The lowest BCUT2D eigenvalue weighted by Crippen LogP contribution is -2.60. The van der Waals surface area contributed by atoms with Gasteiger partial charge in [-0.15, -0.1) is 0 Å². The van der Waals surface area contributed by atoms with E-state index in [0.717, 1.165) is 89.9 Å². The Labute approximate surface area is 523 Å². The zero-order chi connectivity index (χ0) is 61.4. The fraction of sp³-hybridized carbons (Fsp3) is 0.776. The molecule has 9 heteroatoms. The number of rotatable bonds is 62. The minimum absolute atomic E-state index is 0.139. The number of carbonyl (C=O) groups is 1. The summed E-state index contributed by atoms with van der Waals surface area (Å²) in [7, 11) is 0. The number of hydrogen-bond acceptors (Lipinski definition) is 8. The maximum atomic E-state index is 13.2. The lowest BCUT2D eigenvalue weighted by atomic mass is 9.99. The van der Waals surface area contributed by atoms with Crippen LogP contribution in [0, 0.1) is 0 Å². The molecule has 0 aliphatic carbocycles. The number of unbranched alkanes of at least 4 members (excludes halogenated alkanes) is 36. The summed E-state index contributed by atoms with van der Waals surface area (Å²) in [5.41, 5.74) is 0. The molecular weight excluding hydrogens is 1050 g/mol. The largest absolute Gasteiger partial charge is 0.394 e. The van der Waals surface area contributed by atoms with Gasteiger partial charge in [0.1, 0.15) is 24.4 Å². The standard InChI is InChI=1S/C76H135NO8/c1-3-5-7-9-11-13-15-17-19-21-23-25-27-28-29-30-31-32-33-34-35-36-37-38-39-40-41-42-44-46-48-50-52-54-56-58-60-62-64-66-72(80)77-69(68-84-76-75(83)74(82)73(81)71(67-78)85-76)70(79)65-63-61-59-57-55-53-51-49-47-45-43-26-24-22-20-18-16-14-12-10-8-6-4-2/h5,7,11,13,17,19,23,25,28-29,31-32,34-35,37-38,69-71,73-76,78-79,81-83H,3-4,6,8-10,12,14-16,18,20-22,24,26-27,30,33,36,39-68H2,1-2H3,(H,77,80)/b7-5-,13-11-,19-17-,25-23-,29-28-,32-31-,35-34-,38-37-. The summed E-state index contributed by atoms with van der Waals surface area (Å²) in [5.74, 6) is -0.144. The van der Waals surface area contributed by atoms with Crippen LogP contribution in [0.25, 0.3) is 0 Å². The maximum absolute atomic E-state index is 13.2. The van der Waals surface area contributed by atoms with Crippen molar-refractivity contribution in [2.24, 2.45) is 0 Å². The van der Waals surface area contributed by atoms with Gasteiger partial charge in [-0.2, -0.15) is 0 Å². The second kappa shape index (κ2) is 64.1. The average molecular weight is 1190 g/mol. The molecule has 1 aliphatic rings. The molecule has 0 saturated carbocycles. The van der Waals surface area contributed by atoms with Gasteiger partial charge < -0.3 is 40.3 Å². The summed E-state index contributed by atoms with van der Waals surface area (Å²) in [5, 5.41) is 55.0. The van der Waals surface area contributed by atoms with Crippen LogP contribution in [-0.2, 0) is 14.3 Å². The Morgan fingerprint density at radius 1 is 0.412 bits per heavy atom. The summed E-state index contributed by atoms with van der Waals surface area (Å²) < 4.78 is 11.4. The second-order valence-corrected chi connectivity index (χ2v) is 24.7. The Bertz CT molecular complexity index is 1670. The van der Waals surface area contributed by atoms with Gasteiger partial charge in [-0.05, 0) is 77.0 Å². The van der Waals surface area contributed by atoms with Gasteiger partial charge in [0.15, 0.2) is 6.29 Å². The van der Waals surface area contributed by atoms with Crippen LogP contribution in [0.4, 0.5) is 0 Å². The number of amides is 1. The zero-order valence-electron chi connectivity index (χ0n) is 55.1. The lowest BCUT2D eigenvalue weighted by Gasteiger charge is -2.40. The first kappa shape index (κ1) is 80.1. The highest BCUT2D eigenvalue weighted by Gasteiger charge is 2.44. The third-order valence-corrected chi connectivity index (χ3v) is 16.7. The smallest absolute Gasteiger partial charge is 0.220 e. The van der Waals surface area contributed by atoms with Crippen molar-refractivity contribution in [2.45, 2.75) is 365 Å². The summed E-state index contributed by atoms with van der Waals surface area (Å²) in [6.07, 6.45) is 86.1. The zero-order valence-corrected chi connectivity index (χ0v) is 55.1. The molecule has 1 amide bonds. The van der Waals surface area contributed by atoms with Gasteiger partial charge in [-0.1, -0.05) is 336 Å². The average Bonchev–Trinajstić information content (AvgIpc) is 3.66. The van der Waals surface area contributed by atoms with E-state index in [9.17, 15) is 30.3 Å². The Balaban J connectivity index is 2.10. The normalized spacial score (nSPS) is 18.7. The van der Waals surface area contributed by atoms with Gasteiger partial charge in [0.2, 0.25) is 5.91 Å². The molecule has 0 aromatic heterocycles. The quantitative estimate of drug-likeness (QED) is 0.0261. The highest BCUT2D eigenvalue weighted by atomic mass is 16.7. The van der Waals surface area contributed by atoms with E-state index < -0.39 is 49.5 Å². The van der Waals surface area contributed by atoms with Crippen molar-refractivity contribution in [2.75, 3.05) is 13.2 Å². The van der Waals surface area contributed by atoms with Crippen molar-refractivity contribution in [3.05, 3.63) is 97.2 Å².